The highest BCUT2D eigenvalue weighted by molar-refractivity contribution is 6.30. The van der Waals surface area contributed by atoms with Gasteiger partial charge in [-0.1, -0.05) is 23.7 Å². The molecule has 1 aromatic carbocycles. The minimum atomic E-state index is -0.308. The topological polar surface area (TPSA) is 101 Å². The number of benzene rings is 1. The summed E-state index contributed by atoms with van der Waals surface area (Å²) in [5.74, 6) is 0.311. The van der Waals surface area contributed by atoms with E-state index in [-0.39, 0.29) is 18.3 Å². The summed E-state index contributed by atoms with van der Waals surface area (Å²) >= 11 is 5.88. The first-order valence-corrected chi connectivity index (χ1v) is 7.32. The molecule has 0 fully saturated rings. The van der Waals surface area contributed by atoms with Gasteiger partial charge in [-0.2, -0.15) is 10.4 Å². The predicted octanol–water partition coefficient (Wildman–Crippen LogP) is 1.84. The lowest BCUT2D eigenvalue weighted by atomic mass is 10.1. The second-order valence-corrected chi connectivity index (χ2v) is 5.42. The number of aromatic nitrogens is 5. The van der Waals surface area contributed by atoms with E-state index in [1.165, 1.54) is 10.9 Å². The third-order valence-corrected chi connectivity index (χ3v) is 3.57. The molecule has 9 heteroatoms. The molecule has 24 heavy (non-hydrogen) atoms. The van der Waals surface area contributed by atoms with Gasteiger partial charge in [0.15, 0.2) is 0 Å². The maximum atomic E-state index is 12.1. The first-order chi connectivity index (χ1) is 11.6. The number of nitrogens with one attached hydrogen (secondary N) is 1. The fourth-order valence-electron chi connectivity index (χ4n) is 2.14. The van der Waals surface area contributed by atoms with Crippen LogP contribution >= 0.6 is 11.6 Å². The molecule has 0 bridgehead atoms. The molecule has 0 aliphatic carbocycles. The van der Waals surface area contributed by atoms with Crippen LogP contribution in [-0.2, 0) is 18.4 Å². The van der Waals surface area contributed by atoms with Gasteiger partial charge in [0, 0.05) is 23.7 Å². The molecule has 120 valence electrons. The first-order valence-electron chi connectivity index (χ1n) is 6.94. The molecular formula is C15H12ClN7O. The fourth-order valence-corrected chi connectivity index (χ4v) is 2.27. The molecule has 0 unspecified atom stereocenters. The second kappa shape index (κ2) is 6.52. The third-order valence-electron chi connectivity index (χ3n) is 3.32. The maximum absolute atomic E-state index is 12.1. The lowest BCUT2D eigenvalue weighted by Gasteiger charge is -2.05. The van der Waals surface area contributed by atoms with Crippen molar-refractivity contribution in [3.63, 3.8) is 0 Å². The monoisotopic (exact) mass is 341 g/mol. The number of amides is 1. The molecule has 3 rings (SSSR count). The number of anilines is 1. The Balaban J connectivity index is 1.75. The van der Waals surface area contributed by atoms with Crippen molar-refractivity contribution in [1.82, 2.24) is 24.5 Å². The molecule has 0 aliphatic heterocycles. The molecule has 0 spiro atoms. The number of hydrogen-bond acceptors (Lipinski definition) is 5. The summed E-state index contributed by atoms with van der Waals surface area (Å²) in [4.78, 5) is 12.1. The first kappa shape index (κ1) is 15.7. The normalized spacial score (nSPS) is 10.4. The summed E-state index contributed by atoms with van der Waals surface area (Å²) in [6.45, 7) is -0.0582. The Morgan fingerprint density at radius 3 is 2.83 bits per heavy atom. The van der Waals surface area contributed by atoms with Gasteiger partial charge in [-0.25, -0.2) is 0 Å². The Kier molecular flexibility index (Phi) is 4.26. The summed E-state index contributed by atoms with van der Waals surface area (Å²) in [7, 11) is 1.73. The van der Waals surface area contributed by atoms with Gasteiger partial charge in [0.2, 0.25) is 11.7 Å². The highest BCUT2D eigenvalue weighted by atomic mass is 35.5. The summed E-state index contributed by atoms with van der Waals surface area (Å²) in [5.41, 5.74) is 1.60. The molecule has 8 nitrogen and oxygen atoms in total. The molecular weight excluding hydrogens is 330 g/mol. The van der Waals surface area contributed by atoms with Gasteiger partial charge >= 0.3 is 0 Å². The molecule has 2 heterocycles. The van der Waals surface area contributed by atoms with Gasteiger partial charge in [0.05, 0.1) is 5.69 Å². The number of rotatable bonds is 4. The highest BCUT2D eigenvalue weighted by Gasteiger charge is 2.12. The van der Waals surface area contributed by atoms with Gasteiger partial charge in [0.25, 0.3) is 0 Å². The van der Waals surface area contributed by atoms with Gasteiger partial charge in [-0.3, -0.25) is 14.0 Å². The number of nitriles is 1. The van der Waals surface area contributed by atoms with Crippen LogP contribution < -0.4 is 5.32 Å². The molecule has 0 atom stereocenters. The second-order valence-electron chi connectivity index (χ2n) is 4.99. The van der Waals surface area contributed by atoms with E-state index in [9.17, 15) is 4.79 Å². The van der Waals surface area contributed by atoms with E-state index in [0.717, 1.165) is 5.56 Å². The summed E-state index contributed by atoms with van der Waals surface area (Å²) < 4.78 is 2.94. The molecule has 0 saturated carbocycles. The van der Waals surface area contributed by atoms with Crippen LogP contribution in [0.5, 0.6) is 0 Å². The minimum Gasteiger partial charge on any atom is -0.309 e. The van der Waals surface area contributed by atoms with Crippen molar-refractivity contribution in [2.45, 2.75) is 6.54 Å². The molecule has 1 N–H and O–H groups in total. The fraction of sp³-hybridized carbons (Fsp3) is 0.133. The van der Waals surface area contributed by atoms with Gasteiger partial charge < -0.3 is 5.32 Å². The van der Waals surface area contributed by atoms with E-state index in [4.69, 9.17) is 16.9 Å². The molecule has 0 aliphatic rings. The van der Waals surface area contributed by atoms with Gasteiger partial charge in [-0.15, -0.1) is 10.2 Å². The van der Waals surface area contributed by atoms with Crippen molar-refractivity contribution in [1.29, 1.82) is 5.26 Å². The van der Waals surface area contributed by atoms with E-state index >= 15 is 0 Å². The zero-order chi connectivity index (χ0) is 17.1. The van der Waals surface area contributed by atoms with E-state index in [1.807, 2.05) is 18.2 Å². The van der Waals surface area contributed by atoms with Crippen LogP contribution in [0.2, 0.25) is 5.02 Å². The van der Waals surface area contributed by atoms with Crippen molar-refractivity contribution in [3.8, 4) is 17.3 Å². The van der Waals surface area contributed by atoms with Crippen LogP contribution in [0, 0.1) is 11.3 Å². The lowest BCUT2D eigenvalue weighted by molar-refractivity contribution is -0.116. The van der Waals surface area contributed by atoms with Crippen LogP contribution in [0.4, 0.5) is 5.82 Å². The van der Waals surface area contributed by atoms with E-state index in [0.29, 0.717) is 16.5 Å². The summed E-state index contributed by atoms with van der Waals surface area (Å²) in [6.07, 6.45) is 1.33. The summed E-state index contributed by atoms with van der Waals surface area (Å²) in [5, 5.41) is 23.8. The Morgan fingerprint density at radius 1 is 1.38 bits per heavy atom. The third kappa shape index (κ3) is 3.26. The van der Waals surface area contributed by atoms with E-state index in [2.05, 4.69) is 20.6 Å². The van der Waals surface area contributed by atoms with Gasteiger partial charge in [0.1, 0.15) is 24.8 Å². The number of hydrogen-bond donors (Lipinski definition) is 1. The maximum Gasteiger partial charge on any atom is 0.245 e. The Morgan fingerprint density at radius 2 is 2.12 bits per heavy atom. The van der Waals surface area contributed by atoms with Crippen molar-refractivity contribution in [3.05, 3.63) is 47.5 Å². The number of halogens is 1. The number of nitrogens with zero attached hydrogens (tertiary/aromatic N) is 6. The van der Waals surface area contributed by atoms with Crippen molar-refractivity contribution in [2.75, 3.05) is 5.32 Å². The molecule has 0 radical (unpaired) electrons. The predicted molar refractivity (Wildman–Crippen MR) is 87.0 cm³/mol. The van der Waals surface area contributed by atoms with Crippen molar-refractivity contribution < 1.29 is 4.79 Å². The average molecular weight is 342 g/mol. The number of carbonyl (C=O) groups excluding carboxylic acids is 1. The zero-order valence-electron chi connectivity index (χ0n) is 12.6. The van der Waals surface area contributed by atoms with Crippen LogP contribution in [-0.4, -0.2) is 30.5 Å². The molecule has 2 aromatic heterocycles. The highest BCUT2D eigenvalue weighted by Crippen LogP contribution is 2.23. The molecule has 1 amide bonds. The Hall–Kier alpha value is -3.18. The smallest absolute Gasteiger partial charge is 0.245 e. The average Bonchev–Trinajstić information content (AvgIpc) is 3.15. The van der Waals surface area contributed by atoms with E-state index < -0.39 is 0 Å². The van der Waals surface area contributed by atoms with Crippen molar-refractivity contribution in [2.24, 2.45) is 7.05 Å². The van der Waals surface area contributed by atoms with Crippen LogP contribution in [0.15, 0.2) is 36.7 Å². The standard InChI is InChI=1S/C15H12ClN7O/c1-22-13(6-12(21-22)10-2-4-11(16)5-3-10)19-15(24)8-23-9-18-20-14(23)7-17/h2-6,9H,8H2,1H3,(H,19,24). The lowest BCUT2D eigenvalue weighted by Crippen LogP contribution is -2.20. The molecule has 0 saturated heterocycles. The Bertz CT molecular complexity index is 920. The van der Waals surface area contributed by atoms with Crippen molar-refractivity contribution >= 4 is 23.3 Å². The van der Waals surface area contributed by atoms with Gasteiger partial charge in [-0.05, 0) is 12.1 Å². The van der Waals surface area contributed by atoms with Crippen LogP contribution in [0.1, 0.15) is 5.82 Å². The molecule has 3 aromatic rings. The summed E-state index contributed by atoms with van der Waals surface area (Å²) in [6, 6.07) is 10.9. The van der Waals surface area contributed by atoms with Crippen LogP contribution in [0.3, 0.4) is 0 Å². The zero-order valence-corrected chi connectivity index (χ0v) is 13.4. The number of carbonyl (C=O) groups is 1. The largest absolute Gasteiger partial charge is 0.309 e. The SMILES string of the molecule is Cn1nc(-c2ccc(Cl)cc2)cc1NC(=O)Cn1cnnc1C#N. The quantitative estimate of drug-likeness (QED) is 0.780. The number of aryl methyl sites for hydroxylation is 1. The van der Waals surface area contributed by atoms with E-state index in [1.54, 1.807) is 29.9 Å². The Labute approximate surface area is 142 Å². The van der Waals surface area contributed by atoms with Crippen LogP contribution in [0.25, 0.3) is 11.3 Å². The minimum absolute atomic E-state index is 0.0582.